The van der Waals surface area contributed by atoms with E-state index in [0.29, 0.717) is 10.3 Å². The average Bonchev–Trinajstić information content (AvgIpc) is 2.42. The van der Waals surface area contributed by atoms with Gasteiger partial charge in [0.2, 0.25) is 0 Å². The van der Waals surface area contributed by atoms with Crippen molar-refractivity contribution in [1.29, 1.82) is 0 Å². The Morgan fingerprint density at radius 2 is 2.00 bits per heavy atom. The number of benzene rings is 1. The summed E-state index contributed by atoms with van der Waals surface area (Å²) >= 11 is 4.86. The number of nitrogens with one attached hydrogen (secondary N) is 3. The lowest BCUT2D eigenvalue weighted by Gasteiger charge is -2.10. The minimum absolute atomic E-state index is 0.248. The van der Waals surface area contributed by atoms with Gasteiger partial charge in [-0.25, -0.2) is 5.21 Å². The van der Waals surface area contributed by atoms with Crippen molar-refractivity contribution in [2.45, 2.75) is 0 Å². The van der Waals surface area contributed by atoms with Crippen LogP contribution in [0.3, 0.4) is 0 Å². The zero-order chi connectivity index (χ0) is 9.42. The molecule has 2 aromatic rings. The van der Waals surface area contributed by atoms with Crippen LogP contribution in [0.25, 0.3) is 11.0 Å². The lowest BCUT2D eigenvalue weighted by molar-refractivity contribution is -0.991. The molecule has 0 fully saturated rings. The van der Waals surface area contributed by atoms with E-state index in [1.165, 1.54) is 6.07 Å². The second-order valence-electron chi connectivity index (χ2n) is 2.64. The molecular weight excluding hydrogens is 190 g/mol. The lowest BCUT2D eigenvalue weighted by Crippen LogP contribution is -2.99. The number of quaternary nitrogens is 1. The Morgan fingerprint density at radius 3 is 2.69 bits per heavy atom. The van der Waals surface area contributed by atoms with Crippen molar-refractivity contribution >= 4 is 28.9 Å². The smallest absolute Gasteiger partial charge is 0.175 e. The number of aromatic amines is 2. The summed E-state index contributed by atoms with van der Waals surface area (Å²) in [6, 6.07) is 4.76. The summed E-state index contributed by atoms with van der Waals surface area (Å²) in [6.07, 6.45) is 0. The van der Waals surface area contributed by atoms with Crippen LogP contribution in [-0.2, 0) is 0 Å². The quantitative estimate of drug-likeness (QED) is 0.400. The first-order chi connectivity index (χ1) is 6.16. The highest BCUT2D eigenvalue weighted by Crippen LogP contribution is 2.12. The van der Waals surface area contributed by atoms with Crippen molar-refractivity contribution < 1.29 is 10.4 Å². The number of hydrogen-bond acceptors (Lipinski definition) is 3. The third-order valence-corrected chi connectivity index (χ3v) is 1.97. The van der Waals surface area contributed by atoms with E-state index in [1.807, 2.05) is 0 Å². The molecule has 0 saturated heterocycles. The van der Waals surface area contributed by atoms with Crippen LogP contribution in [0.15, 0.2) is 18.2 Å². The molecule has 0 aliphatic heterocycles. The Labute approximate surface area is 78.2 Å². The standard InChI is InChI=1S/C7H7N3O2S/c11-10(12)4-1-2-5-6(3-4)9-7(13)8-5/h1-3,10-11H,(H2,8,9,13). The molecule has 5 nitrogen and oxygen atoms in total. The van der Waals surface area contributed by atoms with Gasteiger partial charge in [-0.3, -0.25) is 0 Å². The molecule has 0 bridgehead atoms. The van der Waals surface area contributed by atoms with Gasteiger partial charge in [-0.15, -0.1) is 0 Å². The van der Waals surface area contributed by atoms with Crippen LogP contribution in [0, 0.1) is 9.98 Å². The normalized spacial score (nSPS) is 13.4. The van der Waals surface area contributed by atoms with E-state index in [2.05, 4.69) is 9.97 Å². The Balaban J connectivity index is 2.68. The maximum Gasteiger partial charge on any atom is 0.175 e. The molecule has 4 N–H and O–H groups in total. The van der Waals surface area contributed by atoms with Crippen LogP contribution in [-0.4, -0.2) is 15.2 Å². The van der Waals surface area contributed by atoms with Crippen molar-refractivity contribution in [2.24, 2.45) is 0 Å². The highest BCUT2D eigenvalue weighted by molar-refractivity contribution is 7.71. The van der Waals surface area contributed by atoms with Crippen molar-refractivity contribution in [3.63, 3.8) is 0 Å². The molecule has 1 aromatic carbocycles. The summed E-state index contributed by atoms with van der Waals surface area (Å²) in [6.45, 7) is 0. The zero-order valence-corrected chi connectivity index (χ0v) is 7.31. The number of imidazole rings is 1. The van der Waals surface area contributed by atoms with Gasteiger partial charge in [0.1, 0.15) is 0 Å². The van der Waals surface area contributed by atoms with E-state index in [0.717, 1.165) is 5.52 Å². The van der Waals surface area contributed by atoms with Gasteiger partial charge in [0.25, 0.3) is 0 Å². The van der Waals surface area contributed by atoms with E-state index in [-0.39, 0.29) is 5.69 Å². The molecule has 1 atom stereocenters. The van der Waals surface area contributed by atoms with Crippen LogP contribution >= 0.6 is 12.2 Å². The first-order valence-electron chi connectivity index (χ1n) is 3.62. The summed E-state index contributed by atoms with van der Waals surface area (Å²) in [7, 11) is 0. The summed E-state index contributed by atoms with van der Waals surface area (Å²) in [5.41, 5.74) is 1.78. The Bertz CT molecular complexity index is 488. The molecule has 0 spiro atoms. The first kappa shape index (κ1) is 8.39. The first-order valence-corrected chi connectivity index (χ1v) is 4.03. The Hall–Kier alpha value is -1.21. The van der Waals surface area contributed by atoms with Crippen molar-refractivity contribution in [3.8, 4) is 0 Å². The topological polar surface area (TPSA) is 79.3 Å². The third-order valence-electron chi connectivity index (χ3n) is 1.76. The van der Waals surface area contributed by atoms with Crippen molar-refractivity contribution in [1.82, 2.24) is 9.97 Å². The average molecular weight is 197 g/mol. The van der Waals surface area contributed by atoms with Crippen molar-refractivity contribution in [3.05, 3.63) is 28.2 Å². The molecule has 0 aliphatic carbocycles. The van der Waals surface area contributed by atoms with Crippen LogP contribution in [0.5, 0.6) is 0 Å². The monoisotopic (exact) mass is 197 g/mol. The predicted octanol–water partition coefficient (Wildman–Crippen LogP) is 0.629. The minimum atomic E-state index is -0.942. The van der Waals surface area contributed by atoms with Gasteiger partial charge in [-0.1, -0.05) is 0 Å². The lowest BCUT2D eigenvalue weighted by atomic mass is 10.3. The molecular formula is C7H7N3O2S. The Kier molecular flexibility index (Phi) is 1.89. The summed E-state index contributed by atoms with van der Waals surface area (Å²) in [5.74, 6) is 0. The molecule has 0 saturated carbocycles. The van der Waals surface area contributed by atoms with Gasteiger partial charge in [-0.2, -0.15) is 5.23 Å². The van der Waals surface area contributed by atoms with Crippen LogP contribution < -0.4 is 5.23 Å². The molecule has 6 heteroatoms. The van der Waals surface area contributed by atoms with Gasteiger partial charge < -0.3 is 15.2 Å². The number of aromatic nitrogens is 2. The van der Waals surface area contributed by atoms with Gasteiger partial charge >= 0.3 is 0 Å². The summed E-state index contributed by atoms with van der Waals surface area (Å²) in [5, 5.41) is 18.4. The zero-order valence-electron chi connectivity index (χ0n) is 6.50. The molecule has 0 amide bonds. The fourth-order valence-corrected chi connectivity index (χ4v) is 1.39. The van der Waals surface area contributed by atoms with Gasteiger partial charge in [-0.05, 0) is 18.3 Å². The van der Waals surface area contributed by atoms with E-state index in [4.69, 9.17) is 17.4 Å². The maximum atomic E-state index is 10.6. The Morgan fingerprint density at radius 1 is 1.31 bits per heavy atom. The van der Waals surface area contributed by atoms with Gasteiger partial charge in [0, 0.05) is 12.1 Å². The molecule has 1 aromatic heterocycles. The number of rotatable bonds is 1. The molecule has 1 heterocycles. The molecule has 0 radical (unpaired) electrons. The second kappa shape index (κ2) is 2.93. The van der Waals surface area contributed by atoms with Gasteiger partial charge in [0.15, 0.2) is 10.5 Å². The molecule has 68 valence electrons. The highest BCUT2D eigenvalue weighted by atomic mass is 32.1. The number of hydrogen-bond donors (Lipinski definition) is 4. The number of H-pyrrole nitrogens is 2. The fraction of sp³-hybridized carbons (Fsp3) is 0. The van der Waals surface area contributed by atoms with Gasteiger partial charge in [0.05, 0.1) is 11.0 Å². The minimum Gasteiger partial charge on any atom is -0.595 e. The SMILES string of the molecule is [O-][NH+](O)c1ccc2[nH]c(=S)[nH]c2c1. The summed E-state index contributed by atoms with van der Waals surface area (Å²) in [4.78, 5) is 5.74. The largest absolute Gasteiger partial charge is 0.595 e. The van der Waals surface area contributed by atoms with Crippen LogP contribution in [0.1, 0.15) is 0 Å². The highest BCUT2D eigenvalue weighted by Gasteiger charge is 2.02. The molecule has 2 rings (SSSR count). The molecule has 1 unspecified atom stereocenters. The van der Waals surface area contributed by atoms with Crippen LogP contribution in [0.4, 0.5) is 5.69 Å². The third kappa shape index (κ3) is 1.47. The second-order valence-corrected chi connectivity index (χ2v) is 3.05. The van der Waals surface area contributed by atoms with Crippen molar-refractivity contribution in [2.75, 3.05) is 0 Å². The maximum absolute atomic E-state index is 10.6. The van der Waals surface area contributed by atoms with E-state index < -0.39 is 5.23 Å². The van der Waals surface area contributed by atoms with E-state index in [9.17, 15) is 5.21 Å². The summed E-state index contributed by atoms with van der Waals surface area (Å²) < 4.78 is 0.498. The van der Waals surface area contributed by atoms with E-state index >= 15 is 0 Å². The fourth-order valence-electron chi connectivity index (χ4n) is 1.17. The molecule has 0 aliphatic rings. The van der Waals surface area contributed by atoms with E-state index in [1.54, 1.807) is 12.1 Å². The predicted molar refractivity (Wildman–Crippen MR) is 49.3 cm³/mol. The number of fused-ring (bicyclic) bond motifs is 1. The molecule has 13 heavy (non-hydrogen) atoms. The van der Waals surface area contributed by atoms with Crippen LogP contribution in [0.2, 0.25) is 0 Å².